The van der Waals surface area contributed by atoms with Crippen LogP contribution >= 0.6 is 0 Å². The van der Waals surface area contributed by atoms with Crippen LogP contribution in [0.2, 0.25) is 0 Å². The van der Waals surface area contributed by atoms with E-state index in [-0.39, 0.29) is 5.60 Å². The van der Waals surface area contributed by atoms with Gasteiger partial charge in [0.1, 0.15) is 6.61 Å². The average molecular weight is 202 g/mol. The monoisotopic (exact) mass is 202 g/mol. The standard InChI is InChI=1S/C10H22N2O2/c1-9(2,3)14-10(8-13-10)12-7-5-6-11-4/h11-12H,5-8H2,1-4H3. The molecule has 0 spiro atoms. The Kier molecular flexibility index (Phi) is 3.89. The molecular weight excluding hydrogens is 180 g/mol. The highest BCUT2D eigenvalue weighted by molar-refractivity contribution is 4.82. The summed E-state index contributed by atoms with van der Waals surface area (Å²) in [5, 5.41) is 6.38. The number of hydrogen-bond donors (Lipinski definition) is 2. The fourth-order valence-electron chi connectivity index (χ4n) is 1.30. The second-order valence-corrected chi connectivity index (χ2v) is 4.64. The minimum atomic E-state index is -0.494. The van der Waals surface area contributed by atoms with Crippen LogP contribution < -0.4 is 10.6 Å². The summed E-state index contributed by atoms with van der Waals surface area (Å²) in [4.78, 5) is 0. The normalized spacial score (nSPS) is 26.6. The van der Waals surface area contributed by atoms with Crippen molar-refractivity contribution in [3.63, 3.8) is 0 Å². The Labute approximate surface area is 86.3 Å². The fourth-order valence-corrected chi connectivity index (χ4v) is 1.30. The van der Waals surface area contributed by atoms with E-state index in [1.807, 2.05) is 27.8 Å². The Morgan fingerprint density at radius 1 is 1.36 bits per heavy atom. The molecule has 1 rings (SSSR count). The summed E-state index contributed by atoms with van der Waals surface area (Å²) in [7, 11) is 1.95. The molecule has 1 fully saturated rings. The highest BCUT2D eigenvalue weighted by Gasteiger charge is 2.48. The molecule has 0 bridgehead atoms. The fraction of sp³-hybridized carbons (Fsp3) is 1.00. The molecule has 0 amide bonds. The van der Waals surface area contributed by atoms with Gasteiger partial charge in [-0.15, -0.1) is 0 Å². The zero-order valence-electron chi connectivity index (χ0n) is 9.64. The van der Waals surface area contributed by atoms with Crippen molar-refractivity contribution >= 4 is 0 Å². The molecule has 14 heavy (non-hydrogen) atoms. The van der Waals surface area contributed by atoms with Crippen molar-refractivity contribution in [2.75, 3.05) is 26.7 Å². The maximum atomic E-state index is 5.76. The van der Waals surface area contributed by atoms with Crippen LogP contribution in [0.1, 0.15) is 27.2 Å². The predicted molar refractivity (Wildman–Crippen MR) is 56.1 cm³/mol. The SMILES string of the molecule is CNCCCNC1(OC(C)(C)C)CO1. The Balaban J connectivity index is 2.16. The molecule has 0 radical (unpaired) electrons. The molecule has 4 heteroatoms. The van der Waals surface area contributed by atoms with Gasteiger partial charge in [-0.05, 0) is 40.8 Å². The van der Waals surface area contributed by atoms with E-state index >= 15 is 0 Å². The maximum Gasteiger partial charge on any atom is 0.253 e. The summed E-state index contributed by atoms with van der Waals surface area (Å²) >= 11 is 0. The molecule has 0 aromatic rings. The third-order valence-corrected chi connectivity index (χ3v) is 1.88. The van der Waals surface area contributed by atoms with E-state index < -0.39 is 5.91 Å². The van der Waals surface area contributed by atoms with Crippen LogP contribution in [0.25, 0.3) is 0 Å². The van der Waals surface area contributed by atoms with Gasteiger partial charge in [0.2, 0.25) is 0 Å². The van der Waals surface area contributed by atoms with Crippen molar-refractivity contribution in [3.8, 4) is 0 Å². The highest BCUT2D eigenvalue weighted by Crippen LogP contribution is 2.30. The van der Waals surface area contributed by atoms with Gasteiger partial charge in [0.25, 0.3) is 5.91 Å². The van der Waals surface area contributed by atoms with Crippen LogP contribution in [0.4, 0.5) is 0 Å². The summed E-state index contributed by atoms with van der Waals surface area (Å²) in [6, 6.07) is 0. The van der Waals surface area contributed by atoms with Gasteiger partial charge < -0.3 is 14.8 Å². The molecule has 4 nitrogen and oxygen atoms in total. The Hall–Kier alpha value is -0.160. The lowest BCUT2D eigenvalue weighted by molar-refractivity contribution is -0.144. The average Bonchev–Trinajstić information content (AvgIpc) is 2.76. The highest BCUT2D eigenvalue weighted by atomic mass is 16.8. The lowest BCUT2D eigenvalue weighted by Gasteiger charge is -2.25. The molecule has 1 saturated heterocycles. The molecule has 1 atom stereocenters. The molecule has 0 aliphatic carbocycles. The first-order valence-electron chi connectivity index (χ1n) is 5.21. The third-order valence-electron chi connectivity index (χ3n) is 1.88. The van der Waals surface area contributed by atoms with Gasteiger partial charge in [0, 0.05) is 6.54 Å². The van der Waals surface area contributed by atoms with Crippen molar-refractivity contribution < 1.29 is 9.47 Å². The van der Waals surface area contributed by atoms with Gasteiger partial charge in [-0.3, -0.25) is 5.32 Å². The first-order chi connectivity index (χ1) is 6.47. The Morgan fingerprint density at radius 2 is 2.00 bits per heavy atom. The van der Waals surface area contributed by atoms with E-state index in [9.17, 15) is 0 Å². The van der Waals surface area contributed by atoms with Crippen molar-refractivity contribution in [2.45, 2.75) is 38.7 Å². The molecule has 0 aromatic heterocycles. The van der Waals surface area contributed by atoms with Crippen molar-refractivity contribution in [1.82, 2.24) is 10.6 Å². The van der Waals surface area contributed by atoms with Crippen molar-refractivity contribution in [1.29, 1.82) is 0 Å². The Bertz CT molecular complexity index is 173. The lowest BCUT2D eigenvalue weighted by atomic mass is 10.2. The van der Waals surface area contributed by atoms with Gasteiger partial charge >= 0.3 is 0 Å². The van der Waals surface area contributed by atoms with E-state index in [4.69, 9.17) is 9.47 Å². The first-order valence-corrected chi connectivity index (χ1v) is 5.21. The van der Waals surface area contributed by atoms with Crippen LogP contribution in [0.3, 0.4) is 0 Å². The summed E-state index contributed by atoms with van der Waals surface area (Å²) in [6.45, 7) is 8.68. The maximum absolute atomic E-state index is 5.76. The second kappa shape index (κ2) is 4.57. The summed E-state index contributed by atoms with van der Waals surface area (Å²) in [5.74, 6) is -0.494. The molecule has 2 N–H and O–H groups in total. The van der Waals surface area contributed by atoms with Crippen molar-refractivity contribution in [2.24, 2.45) is 0 Å². The molecule has 1 aliphatic heterocycles. The summed E-state index contributed by atoms with van der Waals surface area (Å²) < 4.78 is 11.1. The van der Waals surface area contributed by atoms with E-state index in [1.54, 1.807) is 0 Å². The topological polar surface area (TPSA) is 45.8 Å². The number of ether oxygens (including phenoxy) is 2. The van der Waals surface area contributed by atoms with E-state index in [1.165, 1.54) is 0 Å². The Morgan fingerprint density at radius 3 is 2.43 bits per heavy atom. The molecule has 1 unspecified atom stereocenters. The van der Waals surface area contributed by atoms with Crippen LogP contribution in [0, 0.1) is 0 Å². The smallest absolute Gasteiger partial charge is 0.253 e. The van der Waals surface area contributed by atoms with E-state index in [0.29, 0.717) is 6.61 Å². The molecule has 0 saturated carbocycles. The van der Waals surface area contributed by atoms with Crippen LogP contribution in [-0.4, -0.2) is 38.3 Å². The van der Waals surface area contributed by atoms with E-state index in [2.05, 4.69) is 10.6 Å². The van der Waals surface area contributed by atoms with Gasteiger partial charge in [0.15, 0.2) is 0 Å². The van der Waals surface area contributed by atoms with Crippen LogP contribution in [0.15, 0.2) is 0 Å². The summed E-state index contributed by atoms with van der Waals surface area (Å²) in [5.41, 5.74) is -0.160. The zero-order valence-corrected chi connectivity index (χ0v) is 9.64. The number of rotatable bonds is 6. The second-order valence-electron chi connectivity index (χ2n) is 4.64. The molecule has 84 valence electrons. The molecule has 1 heterocycles. The lowest BCUT2D eigenvalue weighted by Crippen LogP contribution is -2.42. The molecule has 1 aliphatic rings. The molecule has 0 aromatic carbocycles. The summed E-state index contributed by atoms with van der Waals surface area (Å²) in [6.07, 6.45) is 1.08. The quantitative estimate of drug-likeness (QED) is 0.378. The van der Waals surface area contributed by atoms with E-state index in [0.717, 1.165) is 19.5 Å². The van der Waals surface area contributed by atoms with Gasteiger partial charge in [-0.1, -0.05) is 0 Å². The number of nitrogens with one attached hydrogen (secondary N) is 2. The van der Waals surface area contributed by atoms with Crippen LogP contribution in [0.5, 0.6) is 0 Å². The van der Waals surface area contributed by atoms with Gasteiger partial charge in [-0.25, -0.2) is 0 Å². The van der Waals surface area contributed by atoms with Gasteiger partial charge in [-0.2, -0.15) is 0 Å². The number of hydrogen-bond acceptors (Lipinski definition) is 4. The zero-order chi connectivity index (χ0) is 10.7. The predicted octanol–water partition coefficient (Wildman–Crippen LogP) is 0.685. The first kappa shape index (κ1) is 11.9. The van der Waals surface area contributed by atoms with Gasteiger partial charge in [0.05, 0.1) is 5.60 Å². The minimum Gasteiger partial charge on any atom is -0.330 e. The number of epoxide rings is 1. The minimum absolute atomic E-state index is 0.160. The largest absolute Gasteiger partial charge is 0.330 e. The third kappa shape index (κ3) is 4.37. The van der Waals surface area contributed by atoms with Crippen molar-refractivity contribution in [3.05, 3.63) is 0 Å². The molecular formula is C10H22N2O2. The van der Waals surface area contributed by atoms with Crippen LogP contribution in [-0.2, 0) is 9.47 Å².